The molecule has 2 unspecified atom stereocenters. The highest BCUT2D eigenvalue weighted by Crippen LogP contribution is 2.15. The van der Waals surface area contributed by atoms with Gasteiger partial charge < -0.3 is 19.9 Å². The number of aliphatic hydroxyl groups excluding tert-OH is 1. The lowest BCUT2D eigenvalue weighted by Crippen LogP contribution is -2.41. The van der Waals surface area contributed by atoms with Gasteiger partial charge in [0.1, 0.15) is 0 Å². The number of nitrogens with one attached hydrogen (secondary N) is 1. The summed E-state index contributed by atoms with van der Waals surface area (Å²) in [6.45, 7) is 10.6. The molecule has 0 saturated carbocycles. The first-order chi connectivity index (χ1) is 10.3. The fraction of sp³-hybridized carbons (Fsp3) is 1.00. The summed E-state index contributed by atoms with van der Waals surface area (Å²) in [5.74, 6) is 0. The van der Waals surface area contributed by atoms with Crippen molar-refractivity contribution in [2.45, 2.75) is 51.7 Å². The molecule has 0 aromatic carbocycles. The monoisotopic (exact) mass is 302 g/mol. The van der Waals surface area contributed by atoms with Crippen molar-refractivity contribution in [3.05, 3.63) is 0 Å². The van der Waals surface area contributed by atoms with Crippen molar-refractivity contribution in [2.75, 3.05) is 52.6 Å². The van der Waals surface area contributed by atoms with Gasteiger partial charge in [-0.25, -0.2) is 0 Å². The molecule has 2 N–H and O–H groups in total. The normalized spacial score (nSPS) is 21.0. The molecule has 1 aliphatic heterocycles. The highest BCUT2D eigenvalue weighted by Gasteiger charge is 2.22. The predicted octanol–water partition coefficient (Wildman–Crippen LogP) is 1.25. The van der Waals surface area contributed by atoms with Crippen LogP contribution in [0.15, 0.2) is 0 Å². The summed E-state index contributed by atoms with van der Waals surface area (Å²) in [5.41, 5.74) is 0. The summed E-state index contributed by atoms with van der Waals surface area (Å²) < 4.78 is 10.8. The summed E-state index contributed by atoms with van der Waals surface area (Å²) in [5, 5.41) is 13.2. The Labute approximate surface area is 130 Å². The van der Waals surface area contributed by atoms with E-state index < -0.39 is 6.10 Å². The fourth-order valence-electron chi connectivity index (χ4n) is 2.70. The molecule has 21 heavy (non-hydrogen) atoms. The van der Waals surface area contributed by atoms with E-state index in [4.69, 9.17) is 9.47 Å². The molecule has 0 bridgehead atoms. The van der Waals surface area contributed by atoms with Crippen molar-refractivity contribution < 1.29 is 14.6 Å². The van der Waals surface area contributed by atoms with E-state index in [1.165, 1.54) is 19.4 Å². The van der Waals surface area contributed by atoms with E-state index in [0.29, 0.717) is 32.4 Å². The second-order valence-electron chi connectivity index (χ2n) is 5.78. The van der Waals surface area contributed by atoms with Crippen molar-refractivity contribution in [2.24, 2.45) is 0 Å². The average molecular weight is 302 g/mol. The third kappa shape index (κ3) is 8.73. The number of rotatable bonds is 13. The standard InChI is InChI=1S/C16H34N2O3/c1-3-5-9-20-10-11-21-14-16(19)13-17-12-15-7-6-8-18(15)4-2/h15-17,19H,3-14H2,1-2H3. The zero-order chi connectivity index (χ0) is 15.3. The maximum atomic E-state index is 9.85. The molecule has 5 heteroatoms. The van der Waals surface area contributed by atoms with Crippen LogP contribution in [0.1, 0.15) is 39.5 Å². The number of likely N-dealkylation sites (N-methyl/N-ethyl adjacent to an activating group) is 1. The third-order valence-corrected chi connectivity index (χ3v) is 3.99. The highest BCUT2D eigenvalue weighted by atomic mass is 16.5. The zero-order valence-electron chi connectivity index (χ0n) is 13.9. The van der Waals surface area contributed by atoms with Gasteiger partial charge >= 0.3 is 0 Å². The van der Waals surface area contributed by atoms with Gasteiger partial charge in [0, 0.05) is 25.7 Å². The van der Waals surface area contributed by atoms with Crippen LogP contribution in [0.3, 0.4) is 0 Å². The van der Waals surface area contributed by atoms with Crippen LogP contribution in [0.5, 0.6) is 0 Å². The van der Waals surface area contributed by atoms with Crippen molar-refractivity contribution in [3.63, 3.8) is 0 Å². The fourth-order valence-corrected chi connectivity index (χ4v) is 2.70. The molecule has 126 valence electrons. The molecule has 0 radical (unpaired) electrons. The molecular weight excluding hydrogens is 268 g/mol. The van der Waals surface area contributed by atoms with Gasteiger partial charge in [-0.1, -0.05) is 20.3 Å². The van der Waals surface area contributed by atoms with E-state index in [-0.39, 0.29) is 0 Å². The Morgan fingerprint density at radius 1 is 1.24 bits per heavy atom. The van der Waals surface area contributed by atoms with Crippen molar-refractivity contribution in [1.29, 1.82) is 0 Å². The quantitative estimate of drug-likeness (QED) is 0.502. The van der Waals surface area contributed by atoms with Crippen LogP contribution in [0.2, 0.25) is 0 Å². The Hall–Kier alpha value is -0.200. The molecular formula is C16H34N2O3. The van der Waals surface area contributed by atoms with Crippen LogP contribution < -0.4 is 5.32 Å². The predicted molar refractivity (Wildman–Crippen MR) is 85.7 cm³/mol. The number of unbranched alkanes of at least 4 members (excludes halogenated alkanes) is 1. The third-order valence-electron chi connectivity index (χ3n) is 3.99. The van der Waals surface area contributed by atoms with Crippen LogP contribution in [0, 0.1) is 0 Å². The Kier molecular flexibility index (Phi) is 11.1. The lowest BCUT2D eigenvalue weighted by Gasteiger charge is -2.23. The first-order valence-corrected chi connectivity index (χ1v) is 8.56. The van der Waals surface area contributed by atoms with Gasteiger partial charge in [-0.05, 0) is 32.4 Å². The van der Waals surface area contributed by atoms with Crippen LogP contribution in [-0.4, -0.2) is 74.8 Å². The van der Waals surface area contributed by atoms with E-state index in [9.17, 15) is 5.11 Å². The minimum atomic E-state index is -0.433. The molecule has 0 amide bonds. The molecule has 1 heterocycles. The van der Waals surface area contributed by atoms with Crippen LogP contribution in [0.25, 0.3) is 0 Å². The zero-order valence-corrected chi connectivity index (χ0v) is 13.9. The van der Waals surface area contributed by atoms with Gasteiger partial charge in [-0.15, -0.1) is 0 Å². The molecule has 1 fully saturated rings. The lowest BCUT2D eigenvalue weighted by molar-refractivity contribution is 0.00364. The molecule has 0 aromatic heterocycles. The highest BCUT2D eigenvalue weighted by molar-refractivity contribution is 4.80. The van der Waals surface area contributed by atoms with Gasteiger partial charge in [0.25, 0.3) is 0 Å². The van der Waals surface area contributed by atoms with E-state index in [0.717, 1.165) is 32.5 Å². The van der Waals surface area contributed by atoms with E-state index in [1.807, 2.05) is 0 Å². The van der Waals surface area contributed by atoms with E-state index >= 15 is 0 Å². The summed E-state index contributed by atoms with van der Waals surface area (Å²) in [6, 6.07) is 0.634. The smallest absolute Gasteiger partial charge is 0.0897 e. The number of hydrogen-bond donors (Lipinski definition) is 2. The van der Waals surface area contributed by atoms with Crippen LogP contribution in [0.4, 0.5) is 0 Å². The first kappa shape index (κ1) is 18.8. The number of hydrogen-bond acceptors (Lipinski definition) is 5. The van der Waals surface area contributed by atoms with Crippen molar-refractivity contribution >= 4 is 0 Å². The molecule has 2 atom stereocenters. The van der Waals surface area contributed by atoms with Gasteiger partial charge in [-0.3, -0.25) is 4.90 Å². The Balaban J connectivity index is 1.90. The number of aliphatic hydroxyl groups is 1. The average Bonchev–Trinajstić information content (AvgIpc) is 2.94. The molecule has 1 saturated heterocycles. The number of ether oxygens (including phenoxy) is 2. The van der Waals surface area contributed by atoms with E-state index in [2.05, 4.69) is 24.1 Å². The van der Waals surface area contributed by atoms with Crippen LogP contribution in [-0.2, 0) is 9.47 Å². The molecule has 0 spiro atoms. The summed E-state index contributed by atoms with van der Waals surface area (Å²) >= 11 is 0. The minimum absolute atomic E-state index is 0.381. The summed E-state index contributed by atoms with van der Waals surface area (Å²) in [6.07, 6.45) is 4.38. The summed E-state index contributed by atoms with van der Waals surface area (Å²) in [7, 11) is 0. The first-order valence-electron chi connectivity index (χ1n) is 8.56. The second-order valence-corrected chi connectivity index (χ2v) is 5.78. The number of nitrogens with zero attached hydrogens (tertiary/aromatic N) is 1. The second kappa shape index (κ2) is 12.4. The number of likely N-dealkylation sites (tertiary alicyclic amines) is 1. The maximum absolute atomic E-state index is 9.85. The Morgan fingerprint density at radius 3 is 2.81 bits per heavy atom. The molecule has 1 rings (SSSR count). The Bertz CT molecular complexity index is 242. The molecule has 1 aliphatic rings. The van der Waals surface area contributed by atoms with Gasteiger partial charge in [0.05, 0.1) is 25.9 Å². The largest absolute Gasteiger partial charge is 0.389 e. The molecule has 0 aromatic rings. The SMILES string of the molecule is CCCCOCCOCC(O)CNCC1CCCN1CC. The van der Waals surface area contributed by atoms with Gasteiger partial charge in [0.2, 0.25) is 0 Å². The topological polar surface area (TPSA) is 54.0 Å². The summed E-state index contributed by atoms with van der Waals surface area (Å²) in [4.78, 5) is 2.50. The van der Waals surface area contributed by atoms with E-state index in [1.54, 1.807) is 0 Å². The minimum Gasteiger partial charge on any atom is -0.389 e. The maximum Gasteiger partial charge on any atom is 0.0897 e. The van der Waals surface area contributed by atoms with Gasteiger partial charge in [0.15, 0.2) is 0 Å². The van der Waals surface area contributed by atoms with Crippen LogP contribution >= 0.6 is 0 Å². The van der Waals surface area contributed by atoms with Crippen molar-refractivity contribution in [3.8, 4) is 0 Å². The molecule has 5 nitrogen and oxygen atoms in total. The lowest BCUT2D eigenvalue weighted by atomic mass is 10.2. The Morgan fingerprint density at radius 2 is 2.05 bits per heavy atom. The van der Waals surface area contributed by atoms with Crippen molar-refractivity contribution in [1.82, 2.24) is 10.2 Å². The van der Waals surface area contributed by atoms with Gasteiger partial charge in [-0.2, -0.15) is 0 Å². The molecule has 0 aliphatic carbocycles.